The second-order valence-corrected chi connectivity index (χ2v) is 5.15. The number of rotatable bonds is 2. The lowest BCUT2D eigenvalue weighted by molar-refractivity contribution is 0.607. The number of hydrogen-bond donors (Lipinski definition) is 2. The number of aliphatic imine (C=N–C) groups is 1. The Morgan fingerprint density at radius 3 is 3.06 bits per heavy atom. The summed E-state index contributed by atoms with van der Waals surface area (Å²) in [5.74, 6) is 0.779. The topological polar surface area (TPSA) is 36.4 Å². The van der Waals surface area contributed by atoms with Crippen LogP contribution < -0.4 is 10.6 Å². The summed E-state index contributed by atoms with van der Waals surface area (Å²) in [6.45, 7) is 1.80. The molecule has 2 N–H and O–H groups in total. The lowest BCUT2D eigenvalue weighted by atomic mass is 10.1. The minimum Gasteiger partial charge on any atom is -0.356 e. The summed E-state index contributed by atoms with van der Waals surface area (Å²) in [6.07, 6.45) is 1.97. The maximum Gasteiger partial charge on any atom is 0.191 e. The Morgan fingerprint density at radius 1 is 1.44 bits per heavy atom. The summed E-state index contributed by atoms with van der Waals surface area (Å²) < 4.78 is 13.7. The molecule has 0 saturated heterocycles. The van der Waals surface area contributed by atoms with E-state index in [1.807, 2.05) is 0 Å². The van der Waals surface area contributed by atoms with E-state index >= 15 is 0 Å². The van der Waals surface area contributed by atoms with Crippen molar-refractivity contribution in [2.45, 2.75) is 24.8 Å². The van der Waals surface area contributed by atoms with Crippen molar-refractivity contribution in [3.8, 4) is 0 Å². The van der Waals surface area contributed by atoms with Crippen molar-refractivity contribution in [3.63, 3.8) is 0 Å². The van der Waals surface area contributed by atoms with Crippen LogP contribution in [0, 0.1) is 5.82 Å². The van der Waals surface area contributed by atoms with Crippen molar-refractivity contribution in [2.75, 3.05) is 13.1 Å². The third-order valence-corrected chi connectivity index (χ3v) is 3.71. The molecule has 18 heavy (non-hydrogen) atoms. The number of halogens is 2. The normalized spacial score (nSPS) is 26.2. The van der Waals surface area contributed by atoms with E-state index in [1.165, 1.54) is 6.07 Å². The van der Waals surface area contributed by atoms with E-state index in [-0.39, 0.29) is 17.8 Å². The van der Waals surface area contributed by atoms with Gasteiger partial charge < -0.3 is 10.6 Å². The molecule has 0 spiro atoms. The number of benzene rings is 1. The Kier molecular flexibility index (Phi) is 3.12. The number of nitrogens with zero attached hydrogens (tertiary/aromatic N) is 1. The minimum atomic E-state index is -0.213. The Balaban J connectivity index is 1.68. The van der Waals surface area contributed by atoms with Crippen LogP contribution in [0.5, 0.6) is 0 Å². The van der Waals surface area contributed by atoms with E-state index in [9.17, 15) is 4.39 Å². The molecule has 2 aliphatic rings. The molecule has 0 bridgehead atoms. The van der Waals surface area contributed by atoms with Crippen LogP contribution in [-0.4, -0.2) is 25.1 Å². The number of hydrogen-bond acceptors (Lipinski definition) is 3. The molecule has 1 saturated carbocycles. The molecule has 1 heterocycles. The first-order chi connectivity index (χ1) is 8.75. The van der Waals surface area contributed by atoms with Gasteiger partial charge in [0.25, 0.3) is 0 Å². The van der Waals surface area contributed by atoms with Gasteiger partial charge in [-0.15, -0.1) is 0 Å². The van der Waals surface area contributed by atoms with Gasteiger partial charge in [-0.3, -0.25) is 4.99 Å². The van der Waals surface area contributed by atoms with Crippen LogP contribution in [0.25, 0.3) is 0 Å². The van der Waals surface area contributed by atoms with Gasteiger partial charge in [-0.2, -0.15) is 0 Å². The quantitative estimate of drug-likeness (QED) is 0.863. The summed E-state index contributed by atoms with van der Waals surface area (Å²) >= 11 is 6.06. The smallest absolute Gasteiger partial charge is 0.191 e. The van der Waals surface area contributed by atoms with Crippen LogP contribution in [-0.2, 0) is 0 Å². The summed E-state index contributed by atoms with van der Waals surface area (Å²) in [5.41, 5.74) is 0.632. The summed E-state index contributed by atoms with van der Waals surface area (Å²) in [6, 6.07) is 5.08. The van der Waals surface area contributed by atoms with E-state index < -0.39 is 0 Å². The molecular formula is C13H15ClFN3. The van der Waals surface area contributed by atoms with Crippen molar-refractivity contribution in [1.82, 2.24) is 10.6 Å². The molecule has 1 aromatic carbocycles. The van der Waals surface area contributed by atoms with E-state index in [1.54, 1.807) is 12.1 Å². The minimum absolute atomic E-state index is 0.158. The third-order valence-electron chi connectivity index (χ3n) is 3.38. The fourth-order valence-electron chi connectivity index (χ4n) is 2.34. The molecule has 0 amide bonds. The average molecular weight is 268 g/mol. The zero-order chi connectivity index (χ0) is 12.5. The van der Waals surface area contributed by atoms with Gasteiger partial charge in [0, 0.05) is 35.6 Å². The summed E-state index contributed by atoms with van der Waals surface area (Å²) in [4.78, 5) is 4.35. The highest BCUT2D eigenvalue weighted by molar-refractivity contribution is 6.31. The van der Waals surface area contributed by atoms with Gasteiger partial charge in [0.15, 0.2) is 5.96 Å². The largest absolute Gasteiger partial charge is 0.356 e. The van der Waals surface area contributed by atoms with Gasteiger partial charge in [0.1, 0.15) is 5.82 Å². The molecule has 1 aliphatic heterocycles. The first-order valence-corrected chi connectivity index (χ1v) is 6.62. The zero-order valence-electron chi connectivity index (χ0n) is 9.92. The Labute approximate surface area is 110 Å². The zero-order valence-corrected chi connectivity index (χ0v) is 10.7. The maximum absolute atomic E-state index is 13.7. The second kappa shape index (κ2) is 4.76. The van der Waals surface area contributed by atoms with Gasteiger partial charge in [-0.25, -0.2) is 4.39 Å². The van der Waals surface area contributed by atoms with E-state index in [0.29, 0.717) is 10.6 Å². The molecule has 1 fully saturated rings. The molecule has 1 aliphatic carbocycles. The standard InChI is InChI=1S/C13H15ClFN3/c14-9-3-1-4-10(15)12(9)8-7-11(8)18-13-16-5-2-6-17-13/h1,3-4,8,11H,2,5-7H2,(H2,16,17,18)/t8-,11-/m1/s1. The molecule has 2 atom stereocenters. The predicted molar refractivity (Wildman–Crippen MR) is 70.6 cm³/mol. The molecular weight excluding hydrogens is 253 g/mol. The van der Waals surface area contributed by atoms with Crippen LogP contribution in [0.3, 0.4) is 0 Å². The Hall–Kier alpha value is -1.29. The first kappa shape index (κ1) is 11.8. The molecule has 0 unspecified atom stereocenters. The SMILES string of the molecule is Fc1cccc(Cl)c1[C@@H]1C[C@H]1NC1=NCCCN1. The van der Waals surface area contributed by atoms with Crippen molar-refractivity contribution >= 4 is 17.6 Å². The van der Waals surface area contributed by atoms with Crippen LogP contribution >= 0.6 is 11.6 Å². The number of nitrogens with one attached hydrogen (secondary N) is 2. The summed E-state index contributed by atoms with van der Waals surface area (Å²) in [7, 11) is 0. The summed E-state index contributed by atoms with van der Waals surface area (Å²) in [5, 5.41) is 7.03. The monoisotopic (exact) mass is 267 g/mol. The van der Waals surface area contributed by atoms with Gasteiger partial charge in [0.2, 0.25) is 0 Å². The highest BCUT2D eigenvalue weighted by Crippen LogP contribution is 2.44. The van der Waals surface area contributed by atoms with Crippen molar-refractivity contribution in [3.05, 3.63) is 34.6 Å². The fourth-order valence-corrected chi connectivity index (χ4v) is 2.65. The number of guanidine groups is 1. The van der Waals surface area contributed by atoms with E-state index in [0.717, 1.165) is 31.9 Å². The molecule has 5 heteroatoms. The molecule has 3 rings (SSSR count). The maximum atomic E-state index is 13.7. The average Bonchev–Trinajstić information content (AvgIpc) is 3.09. The van der Waals surface area contributed by atoms with Gasteiger partial charge in [-0.05, 0) is 25.0 Å². The van der Waals surface area contributed by atoms with Crippen molar-refractivity contribution < 1.29 is 4.39 Å². The highest BCUT2D eigenvalue weighted by Gasteiger charge is 2.41. The highest BCUT2D eigenvalue weighted by atomic mass is 35.5. The lowest BCUT2D eigenvalue weighted by Crippen LogP contribution is -2.42. The molecule has 0 radical (unpaired) electrons. The molecule has 3 nitrogen and oxygen atoms in total. The molecule has 0 aromatic heterocycles. The Morgan fingerprint density at radius 2 is 2.33 bits per heavy atom. The Bertz CT molecular complexity index is 469. The van der Waals surface area contributed by atoms with E-state index in [4.69, 9.17) is 11.6 Å². The van der Waals surface area contributed by atoms with Crippen LogP contribution in [0.1, 0.15) is 24.3 Å². The van der Waals surface area contributed by atoms with Crippen LogP contribution in [0.4, 0.5) is 4.39 Å². The van der Waals surface area contributed by atoms with Gasteiger partial charge >= 0.3 is 0 Å². The first-order valence-electron chi connectivity index (χ1n) is 6.24. The van der Waals surface area contributed by atoms with Crippen LogP contribution in [0.15, 0.2) is 23.2 Å². The van der Waals surface area contributed by atoms with Gasteiger partial charge in [0.05, 0.1) is 0 Å². The van der Waals surface area contributed by atoms with Crippen LogP contribution in [0.2, 0.25) is 5.02 Å². The molecule has 96 valence electrons. The van der Waals surface area contributed by atoms with Crippen molar-refractivity contribution in [2.24, 2.45) is 4.99 Å². The third kappa shape index (κ3) is 2.29. The van der Waals surface area contributed by atoms with Gasteiger partial charge in [-0.1, -0.05) is 17.7 Å². The molecule has 1 aromatic rings. The fraction of sp³-hybridized carbons (Fsp3) is 0.462. The second-order valence-electron chi connectivity index (χ2n) is 4.74. The lowest BCUT2D eigenvalue weighted by Gasteiger charge is -2.16. The van der Waals surface area contributed by atoms with Crippen molar-refractivity contribution in [1.29, 1.82) is 0 Å². The van der Waals surface area contributed by atoms with E-state index in [2.05, 4.69) is 15.6 Å². The predicted octanol–water partition coefficient (Wildman–Crippen LogP) is 2.27.